The van der Waals surface area contributed by atoms with Crippen LogP contribution in [0.15, 0.2) is 70.3 Å². The molecule has 130 valence electrons. The minimum Gasteiger partial charge on any atom is -0.444 e. The third kappa shape index (κ3) is 5.32. The number of nitrogens with zero attached hydrogens (tertiary/aromatic N) is 2. The first kappa shape index (κ1) is 19.0. The molecule has 25 heavy (non-hydrogen) atoms. The molecule has 5 nitrogen and oxygen atoms in total. The van der Waals surface area contributed by atoms with Gasteiger partial charge in [-0.2, -0.15) is 0 Å². The molecule has 0 amide bonds. The van der Waals surface area contributed by atoms with Gasteiger partial charge in [-0.05, 0) is 36.2 Å². The van der Waals surface area contributed by atoms with Crippen LogP contribution in [0.25, 0.3) is 11.5 Å². The Balaban J connectivity index is 0.00000225. The van der Waals surface area contributed by atoms with Crippen LogP contribution in [0.5, 0.6) is 0 Å². The molecule has 3 rings (SSSR count). The van der Waals surface area contributed by atoms with Crippen LogP contribution < -0.4 is 11.1 Å². The Hall–Kier alpha value is -2.35. The molecule has 3 aromatic rings. The number of guanidine groups is 1. The molecule has 0 radical (unpaired) electrons. The fraction of sp³-hybridized carbons (Fsp3) is 0.158. The van der Waals surface area contributed by atoms with Gasteiger partial charge in [0.05, 0.1) is 6.54 Å². The van der Waals surface area contributed by atoms with E-state index in [1.807, 2.05) is 42.5 Å². The third-order valence-electron chi connectivity index (χ3n) is 3.59. The maximum atomic E-state index is 5.94. The minimum atomic E-state index is 0. The monoisotopic (exact) mass is 448 g/mol. The average molecular weight is 448 g/mol. The first-order chi connectivity index (χ1) is 11.7. The number of nitrogens with one attached hydrogen (secondary N) is 1. The molecule has 3 N–H and O–H groups in total. The molecule has 0 saturated carbocycles. The van der Waals surface area contributed by atoms with Crippen molar-refractivity contribution >= 4 is 35.6 Å². The van der Waals surface area contributed by atoms with E-state index in [1.165, 1.54) is 5.56 Å². The fourth-order valence-corrected chi connectivity index (χ4v) is 2.32. The van der Waals surface area contributed by atoms with Gasteiger partial charge < -0.3 is 15.5 Å². The number of nitrogens with two attached hydrogens (primary N) is 1. The average Bonchev–Trinajstić information content (AvgIpc) is 3.10. The lowest BCUT2D eigenvalue weighted by Crippen LogP contribution is -2.22. The number of hydrogen-bond acceptors (Lipinski definition) is 3. The minimum absolute atomic E-state index is 0. The lowest BCUT2D eigenvalue weighted by atomic mass is 10.1. The Morgan fingerprint density at radius 1 is 1.16 bits per heavy atom. The van der Waals surface area contributed by atoms with E-state index < -0.39 is 0 Å². The predicted octanol–water partition coefficient (Wildman–Crippen LogP) is 4.45. The number of anilines is 1. The van der Waals surface area contributed by atoms with Crippen LogP contribution in [0.4, 0.5) is 5.69 Å². The summed E-state index contributed by atoms with van der Waals surface area (Å²) in [7, 11) is 0. The van der Waals surface area contributed by atoms with Gasteiger partial charge >= 0.3 is 0 Å². The van der Waals surface area contributed by atoms with E-state index in [0.29, 0.717) is 18.4 Å². The van der Waals surface area contributed by atoms with E-state index in [-0.39, 0.29) is 24.0 Å². The van der Waals surface area contributed by atoms with Gasteiger partial charge in [0.15, 0.2) is 5.96 Å². The van der Waals surface area contributed by atoms with Gasteiger partial charge in [-0.3, -0.25) is 0 Å². The molecular weight excluding hydrogens is 427 g/mol. The summed E-state index contributed by atoms with van der Waals surface area (Å²) in [6, 6.07) is 17.9. The number of aliphatic imine (C=N–C) groups is 1. The zero-order valence-corrected chi connectivity index (χ0v) is 16.3. The van der Waals surface area contributed by atoms with Crippen LogP contribution in [0.3, 0.4) is 0 Å². The summed E-state index contributed by atoms with van der Waals surface area (Å²) in [5, 5.41) is 3.09. The highest BCUT2D eigenvalue weighted by Gasteiger charge is 2.05. The zero-order valence-electron chi connectivity index (χ0n) is 14.0. The molecule has 1 aromatic heterocycles. The standard InChI is InChI=1S/C19H20N4O.HI/c1-2-14-7-6-10-16(11-14)23-19(20)21-12-17-13-24-18(22-17)15-8-4-3-5-9-15;/h3-11,13H,2,12H2,1H3,(H3,20,21,23);1H. The molecule has 0 saturated heterocycles. The Morgan fingerprint density at radius 3 is 2.72 bits per heavy atom. The van der Waals surface area contributed by atoms with Crippen molar-refractivity contribution in [2.45, 2.75) is 19.9 Å². The molecular formula is C19H21IN4O. The van der Waals surface area contributed by atoms with E-state index in [0.717, 1.165) is 23.4 Å². The smallest absolute Gasteiger partial charge is 0.226 e. The van der Waals surface area contributed by atoms with Gasteiger partial charge in [0.2, 0.25) is 5.89 Å². The van der Waals surface area contributed by atoms with Crippen LogP contribution in [-0.4, -0.2) is 10.9 Å². The van der Waals surface area contributed by atoms with Crippen molar-refractivity contribution in [1.82, 2.24) is 4.98 Å². The normalized spacial score (nSPS) is 11.0. The number of halogens is 1. The second kappa shape index (κ2) is 9.22. The van der Waals surface area contributed by atoms with Crippen molar-refractivity contribution in [3.8, 4) is 11.5 Å². The molecule has 0 spiro atoms. The number of aryl methyl sites for hydroxylation is 1. The second-order valence-electron chi connectivity index (χ2n) is 5.39. The van der Waals surface area contributed by atoms with E-state index in [4.69, 9.17) is 10.2 Å². The van der Waals surface area contributed by atoms with Crippen LogP contribution in [0.2, 0.25) is 0 Å². The summed E-state index contributed by atoms with van der Waals surface area (Å²) in [5.74, 6) is 0.940. The maximum absolute atomic E-state index is 5.94. The number of hydrogen-bond donors (Lipinski definition) is 2. The number of oxazole rings is 1. The quantitative estimate of drug-likeness (QED) is 0.344. The van der Waals surface area contributed by atoms with Gasteiger partial charge in [0.1, 0.15) is 12.0 Å². The summed E-state index contributed by atoms with van der Waals surface area (Å²) < 4.78 is 5.49. The Morgan fingerprint density at radius 2 is 1.96 bits per heavy atom. The van der Waals surface area contributed by atoms with Gasteiger partial charge in [-0.1, -0.05) is 37.3 Å². The molecule has 0 bridgehead atoms. The summed E-state index contributed by atoms with van der Waals surface area (Å²) in [6.45, 7) is 2.48. The van der Waals surface area contributed by atoms with E-state index in [9.17, 15) is 0 Å². The number of rotatable bonds is 5. The SMILES string of the molecule is CCc1cccc(NC(N)=NCc2coc(-c3ccccc3)n2)c1.I. The van der Waals surface area contributed by atoms with E-state index >= 15 is 0 Å². The van der Waals surface area contributed by atoms with E-state index in [1.54, 1.807) is 6.26 Å². The van der Waals surface area contributed by atoms with Crippen LogP contribution >= 0.6 is 24.0 Å². The highest BCUT2D eigenvalue weighted by Crippen LogP contribution is 2.18. The second-order valence-corrected chi connectivity index (χ2v) is 5.39. The molecule has 1 heterocycles. The van der Waals surface area contributed by atoms with Crippen molar-refractivity contribution in [2.24, 2.45) is 10.7 Å². The van der Waals surface area contributed by atoms with Crippen molar-refractivity contribution < 1.29 is 4.42 Å². The highest BCUT2D eigenvalue weighted by atomic mass is 127. The summed E-state index contributed by atoms with van der Waals surface area (Å²) in [4.78, 5) is 8.74. The van der Waals surface area contributed by atoms with E-state index in [2.05, 4.69) is 34.3 Å². The molecule has 6 heteroatoms. The van der Waals surface area contributed by atoms with Crippen LogP contribution in [0.1, 0.15) is 18.2 Å². The first-order valence-corrected chi connectivity index (χ1v) is 7.90. The van der Waals surface area contributed by atoms with Gasteiger partial charge in [0, 0.05) is 11.3 Å². The van der Waals surface area contributed by atoms with Gasteiger partial charge in [0.25, 0.3) is 0 Å². The predicted molar refractivity (Wildman–Crippen MR) is 112 cm³/mol. The van der Waals surface area contributed by atoms with Crippen LogP contribution in [0, 0.1) is 0 Å². The Kier molecular flexibility index (Phi) is 7.00. The molecule has 0 unspecified atom stereocenters. The van der Waals surface area contributed by atoms with Crippen molar-refractivity contribution in [2.75, 3.05) is 5.32 Å². The molecule has 0 atom stereocenters. The van der Waals surface area contributed by atoms with Crippen LogP contribution in [-0.2, 0) is 13.0 Å². The lowest BCUT2D eigenvalue weighted by molar-refractivity contribution is 0.572. The highest BCUT2D eigenvalue weighted by molar-refractivity contribution is 14.0. The van der Waals surface area contributed by atoms with Crippen molar-refractivity contribution in [1.29, 1.82) is 0 Å². The summed E-state index contributed by atoms with van der Waals surface area (Å²) in [6.07, 6.45) is 2.59. The molecule has 0 aliphatic carbocycles. The van der Waals surface area contributed by atoms with Gasteiger partial charge in [-0.25, -0.2) is 9.98 Å². The first-order valence-electron chi connectivity index (χ1n) is 7.90. The molecule has 0 aliphatic heterocycles. The number of benzene rings is 2. The Labute approximate surface area is 164 Å². The van der Waals surface area contributed by atoms with Crippen molar-refractivity contribution in [3.63, 3.8) is 0 Å². The Bertz CT molecular complexity index is 830. The summed E-state index contributed by atoms with van der Waals surface area (Å²) >= 11 is 0. The third-order valence-corrected chi connectivity index (χ3v) is 3.59. The summed E-state index contributed by atoms with van der Waals surface area (Å²) in [5.41, 5.74) is 9.80. The maximum Gasteiger partial charge on any atom is 0.226 e. The van der Waals surface area contributed by atoms with Gasteiger partial charge in [-0.15, -0.1) is 24.0 Å². The fourth-order valence-electron chi connectivity index (χ4n) is 2.32. The van der Waals surface area contributed by atoms with Crippen molar-refractivity contribution in [3.05, 3.63) is 72.1 Å². The molecule has 0 aliphatic rings. The largest absolute Gasteiger partial charge is 0.444 e. The lowest BCUT2D eigenvalue weighted by Gasteiger charge is -2.06. The number of aromatic nitrogens is 1. The topological polar surface area (TPSA) is 76.4 Å². The zero-order chi connectivity index (χ0) is 16.8. The molecule has 0 fully saturated rings. The molecule has 2 aromatic carbocycles.